The molecule has 5 rings (SSSR count). The van der Waals surface area contributed by atoms with Gasteiger partial charge in [-0.05, 0) is 79.6 Å². The van der Waals surface area contributed by atoms with Crippen LogP contribution >= 0.6 is 12.4 Å². The minimum Gasteiger partial charge on any atom is -0.387 e. The molecule has 1 atom stereocenters. The van der Waals surface area contributed by atoms with Crippen molar-refractivity contribution in [1.29, 1.82) is 0 Å². The predicted molar refractivity (Wildman–Crippen MR) is 134 cm³/mol. The summed E-state index contributed by atoms with van der Waals surface area (Å²) < 4.78 is 0. The number of anilines is 3. The van der Waals surface area contributed by atoms with Gasteiger partial charge in [0.25, 0.3) is 0 Å². The van der Waals surface area contributed by atoms with Crippen LogP contribution in [0.3, 0.4) is 0 Å². The van der Waals surface area contributed by atoms with Crippen LogP contribution in [0, 0.1) is 13.8 Å². The van der Waals surface area contributed by atoms with E-state index in [4.69, 9.17) is 0 Å². The maximum absolute atomic E-state index is 10.1. The quantitative estimate of drug-likeness (QED) is 0.293. The van der Waals surface area contributed by atoms with Crippen molar-refractivity contribution in [1.82, 2.24) is 9.97 Å². The van der Waals surface area contributed by atoms with E-state index in [9.17, 15) is 5.11 Å². The third kappa shape index (κ3) is 4.18. The lowest BCUT2D eigenvalue weighted by molar-refractivity contribution is 0.176. The molecule has 1 aliphatic carbocycles. The molecule has 2 aromatic heterocycles. The first-order valence-corrected chi connectivity index (χ1v) is 10.9. The van der Waals surface area contributed by atoms with E-state index in [0.717, 1.165) is 54.1 Å². The highest BCUT2D eigenvalue weighted by Gasteiger charge is 2.24. The first-order chi connectivity index (χ1) is 15.1. The van der Waals surface area contributed by atoms with Crippen LogP contribution in [0.4, 0.5) is 17.1 Å². The molecule has 0 radical (unpaired) electrons. The lowest BCUT2D eigenvalue weighted by Crippen LogP contribution is -2.06. The molecule has 6 heteroatoms. The van der Waals surface area contributed by atoms with E-state index >= 15 is 0 Å². The Balaban J connectivity index is 0.00000245. The minimum absolute atomic E-state index is 0. The van der Waals surface area contributed by atoms with Gasteiger partial charge in [0.15, 0.2) is 0 Å². The summed E-state index contributed by atoms with van der Waals surface area (Å²) in [7, 11) is 0. The number of fused-ring (bicyclic) bond motifs is 2. The lowest BCUT2D eigenvalue weighted by Gasteiger charge is -2.14. The number of benzene rings is 2. The van der Waals surface area contributed by atoms with Crippen molar-refractivity contribution in [2.75, 3.05) is 17.2 Å². The molecule has 4 N–H and O–H groups in total. The van der Waals surface area contributed by atoms with Crippen LogP contribution < -0.4 is 10.6 Å². The second-order valence-corrected chi connectivity index (χ2v) is 8.42. The van der Waals surface area contributed by atoms with Crippen molar-refractivity contribution in [2.24, 2.45) is 0 Å². The molecule has 2 aromatic carbocycles. The number of hydrogen-bond acceptors (Lipinski definition) is 4. The lowest BCUT2D eigenvalue weighted by atomic mass is 10.1. The predicted octanol–water partition coefficient (Wildman–Crippen LogP) is 5.98. The second kappa shape index (κ2) is 9.23. The third-order valence-electron chi connectivity index (χ3n) is 6.30. The number of para-hydroxylation sites is 1. The number of aromatic amines is 1. The maximum Gasteiger partial charge on any atom is 0.0966 e. The van der Waals surface area contributed by atoms with Crippen LogP contribution in [0.15, 0.2) is 54.9 Å². The van der Waals surface area contributed by atoms with E-state index in [1.54, 1.807) is 6.20 Å². The highest BCUT2D eigenvalue weighted by Crippen LogP contribution is 2.35. The highest BCUT2D eigenvalue weighted by molar-refractivity contribution is 5.86. The third-order valence-corrected chi connectivity index (χ3v) is 6.30. The fourth-order valence-electron chi connectivity index (χ4n) is 4.59. The molecule has 0 saturated heterocycles. The van der Waals surface area contributed by atoms with Gasteiger partial charge in [0.05, 0.1) is 11.8 Å². The summed E-state index contributed by atoms with van der Waals surface area (Å²) in [5, 5.41) is 18.5. The van der Waals surface area contributed by atoms with E-state index in [2.05, 4.69) is 77.0 Å². The molecule has 0 amide bonds. The van der Waals surface area contributed by atoms with E-state index < -0.39 is 6.10 Å². The molecule has 0 aliphatic heterocycles. The molecule has 0 saturated carbocycles. The molecule has 0 fully saturated rings. The van der Waals surface area contributed by atoms with E-state index in [0.29, 0.717) is 0 Å². The van der Waals surface area contributed by atoms with Gasteiger partial charge in [-0.15, -0.1) is 12.4 Å². The molecule has 0 spiro atoms. The zero-order valence-electron chi connectivity index (χ0n) is 18.4. The number of nitrogens with one attached hydrogen (secondary N) is 3. The molecular formula is C26H29ClN4O. The van der Waals surface area contributed by atoms with Gasteiger partial charge in [0.1, 0.15) is 0 Å². The molecule has 2 heterocycles. The van der Waals surface area contributed by atoms with Crippen molar-refractivity contribution in [2.45, 2.75) is 39.2 Å². The summed E-state index contributed by atoms with van der Waals surface area (Å²) in [5.74, 6) is 0. The van der Waals surface area contributed by atoms with E-state index in [1.165, 1.54) is 27.6 Å². The van der Waals surface area contributed by atoms with Crippen LogP contribution in [0.2, 0.25) is 0 Å². The van der Waals surface area contributed by atoms with Crippen molar-refractivity contribution in [3.63, 3.8) is 0 Å². The second-order valence-electron chi connectivity index (χ2n) is 8.42. The number of rotatable bonds is 6. The van der Waals surface area contributed by atoms with E-state index in [-0.39, 0.29) is 12.4 Å². The molecular weight excluding hydrogens is 420 g/mol. The average molecular weight is 449 g/mol. The Morgan fingerprint density at radius 2 is 1.97 bits per heavy atom. The monoisotopic (exact) mass is 448 g/mol. The zero-order chi connectivity index (χ0) is 21.4. The summed E-state index contributed by atoms with van der Waals surface area (Å²) in [6.45, 7) is 5.15. The van der Waals surface area contributed by atoms with Crippen molar-refractivity contribution in [3.8, 4) is 0 Å². The van der Waals surface area contributed by atoms with Gasteiger partial charge in [-0.2, -0.15) is 0 Å². The van der Waals surface area contributed by atoms with Gasteiger partial charge in [0.2, 0.25) is 0 Å². The van der Waals surface area contributed by atoms with Gasteiger partial charge in [-0.25, -0.2) is 0 Å². The van der Waals surface area contributed by atoms with Gasteiger partial charge in [-0.1, -0.05) is 18.2 Å². The van der Waals surface area contributed by atoms with Crippen LogP contribution in [0.25, 0.3) is 10.9 Å². The first kappa shape index (κ1) is 22.2. The molecule has 4 aromatic rings. The Morgan fingerprint density at radius 1 is 1.09 bits per heavy atom. The van der Waals surface area contributed by atoms with Crippen molar-refractivity contribution in [3.05, 3.63) is 82.8 Å². The Labute approximate surface area is 194 Å². The summed E-state index contributed by atoms with van der Waals surface area (Å²) in [4.78, 5) is 7.76. The highest BCUT2D eigenvalue weighted by atomic mass is 35.5. The average Bonchev–Trinajstić information content (AvgIpc) is 3.35. The normalized spacial score (nSPS) is 14.8. The fraction of sp³-hybridized carbons (Fsp3) is 0.269. The van der Waals surface area contributed by atoms with Crippen LogP contribution in [-0.2, 0) is 12.8 Å². The number of pyridine rings is 1. The Morgan fingerprint density at radius 3 is 2.81 bits per heavy atom. The Kier molecular flexibility index (Phi) is 6.40. The molecule has 0 unspecified atom stereocenters. The number of aliphatic hydroxyl groups excluding tert-OH is 1. The standard InChI is InChI=1S/C26H28N4O.ClH/c1-16-4-3-5-20-18(15-29-25(16)20)10-12-27-22-8-6-19(14-17(22)2)30-23-11-13-28-26-21(23)7-9-24(26)31;/h3-6,8,11,13-15,24,27,29,31H,7,9-10,12H2,1-2H3,(H,28,30);1H/t24-;/m0./s1. The van der Waals surface area contributed by atoms with E-state index in [1.807, 2.05) is 6.07 Å². The zero-order valence-corrected chi connectivity index (χ0v) is 19.2. The number of nitrogens with zero attached hydrogens (tertiary/aromatic N) is 1. The summed E-state index contributed by atoms with van der Waals surface area (Å²) in [6, 6.07) is 14.8. The largest absolute Gasteiger partial charge is 0.387 e. The fourth-order valence-corrected chi connectivity index (χ4v) is 4.59. The topological polar surface area (TPSA) is 73.0 Å². The Bertz CT molecular complexity index is 1250. The van der Waals surface area contributed by atoms with Gasteiger partial charge >= 0.3 is 0 Å². The first-order valence-electron chi connectivity index (χ1n) is 10.9. The molecule has 1 aliphatic rings. The van der Waals surface area contributed by atoms with Gasteiger partial charge < -0.3 is 20.7 Å². The van der Waals surface area contributed by atoms with Gasteiger partial charge in [-0.3, -0.25) is 4.98 Å². The Hall–Kier alpha value is -3.02. The van der Waals surface area contributed by atoms with Crippen LogP contribution in [0.5, 0.6) is 0 Å². The SMILES string of the molecule is Cc1cc(Nc2ccnc3c2CC[C@@H]3O)ccc1NCCc1c[nH]c2c(C)cccc12.Cl. The van der Waals surface area contributed by atoms with Crippen LogP contribution in [-0.4, -0.2) is 21.6 Å². The maximum atomic E-state index is 10.1. The molecule has 5 nitrogen and oxygen atoms in total. The smallest absolute Gasteiger partial charge is 0.0966 e. The molecule has 166 valence electrons. The number of aromatic nitrogens is 2. The number of aliphatic hydroxyl groups is 1. The number of hydrogen-bond donors (Lipinski definition) is 4. The minimum atomic E-state index is -0.439. The number of aryl methyl sites for hydroxylation is 2. The number of H-pyrrole nitrogens is 1. The molecule has 0 bridgehead atoms. The number of halogens is 1. The summed E-state index contributed by atoms with van der Waals surface area (Å²) >= 11 is 0. The molecule has 32 heavy (non-hydrogen) atoms. The summed E-state index contributed by atoms with van der Waals surface area (Å²) in [5.41, 5.74) is 10.2. The summed E-state index contributed by atoms with van der Waals surface area (Å²) in [6.07, 6.45) is 6.03. The van der Waals surface area contributed by atoms with Crippen LogP contribution in [0.1, 0.15) is 40.5 Å². The van der Waals surface area contributed by atoms with Crippen molar-refractivity contribution >= 4 is 40.4 Å². The van der Waals surface area contributed by atoms with Gasteiger partial charge in [0, 0.05) is 46.9 Å². The van der Waals surface area contributed by atoms with Crippen molar-refractivity contribution < 1.29 is 5.11 Å².